The first kappa shape index (κ1) is 10.1. The van der Waals surface area contributed by atoms with Crippen LogP contribution >= 0.6 is 0 Å². The van der Waals surface area contributed by atoms with Crippen molar-refractivity contribution in [3.05, 3.63) is 41.0 Å². The molecule has 0 spiro atoms. The largest absolute Gasteiger partial charge is 0.393 e. The number of aliphatic hydroxyl groups is 1. The molecule has 0 aromatic heterocycles. The summed E-state index contributed by atoms with van der Waals surface area (Å²) in [7, 11) is 0. The Morgan fingerprint density at radius 1 is 1.33 bits per heavy atom. The van der Waals surface area contributed by atoms with E-state index >= 15 is 0 Å². The second-order valence-electron chi connectivity index (χ2n) is 3.93. The first-order chi connectivity index (χ1) is 7.29. The van der Waals surface area contributed by atoms with Crippen molar-refractivity contribution >= 4 is 12.4 Å². The number of aldehydes is 1. The summed E-state index contributed by atoms with van der Waals surface area (Å²) in [6.45, 7) is 0. The summed E-state index contributed by atoms with van der Waals surface area (Å²) < 4.78 is 0. The quantitative estimate of drug-likeness (QED) is 0.707. The van der Waals surface area contributed by atoms with Gasteiger partial charge in [-0.25, -0.2) is 0 Å². The molecule has 0 heterocycles. The molecule has 1 aliphatic rings. The summed E-state index contributed by atoms with van der Waals surface area (Å²) >= 11 is 0. The van der Waals surface area contributed by atoms with Crippen LogP contribution in [0.5, 0.6) is 0 Å². The Labute approximate surface area is 89.2 Å². The Morgan fingerprint density at radius 2 is 2.13 bits per heavy atom. The minimum Gasteiger partial charge on any atom is -0.393 e. The Bertz CT molecular complexity index is 393. The van der Waals surface area contributed by atoms with E-state index in [1.165, 1.54) is 5.56 Å². The molecular weight excluding hydrogens is 188 g/mol. The van der Waals surface area contributed by atoms with Gasteiger partial charge in [0.15, 0.2) is 0 Å². The third-order valence-corrected chi connectivity index (χ3v) is 2.77. The Balaban J connectivity index is 2.42. The van der Waals surface area contributed by atoms with Crippen molar-refractivity contribution < 1.29 is 9.90 Å². The maximum absolute atomic E-state index is 10.8. The molecule has 2 nitrogen and oxygen atoms in total. The van der Waals surface area contributed by atoms with Gasteiger partial charge in [0.2, 0.25) is 0 Å². The van der Waals surface area contributed by atoms with Crippen molar-refractivity contribution in [2.45, 2.75) is 25.4 Å². The summed E-state index contributed by atoms with van der Waals surface area (Å²) in [5.41, 5.74) is 2.98. The zero-order valence-electron chi connectivity index (χ0n) is 8.52. The fourth-order valence-corrected chi connectivity index (χ4v) is 1.94. The number of aliphatic hydroxyl groups excluding tert-OH is 1. The molecule has 0 amide bonds. The van der Waals surface area contributed by atoms with Crippen LogP contribution in [0.25, 0.3) is 6.08 Å². The molecule has 0 unspecified atom stereocenters. The number of aryl methyl sites for hydroxylation is 1. The molecule has 0 saturated heterocycles. The molecule has 78 valence electrons. The molecule has 0 fully saturated rings. The predicted octanol–water partition coefficient (Wildman–Crippen LogP) is 1.97. The molecule has 1 aromatic carbocycles. The first-order valence-corrected chi connectivity index (χ1v) is 5.21. The number of benzene rings is 1. The van der Waals surface area contributed by atoms with Gasteiger partial charge in [0.1, 0.15) is 6.29 Å². The van der Waals surface area contributed by atoms with Gasteiger partial charge in [0.05, 0.1) is 6.10 Å². The van der Waals surface area contributed by atoms with Gasteiger partial charge in [-0.1, -0.05) is 24.3 Å². The molecule has 2 heteroatoms. The highest BCUT2D eigenvalue weighted by Gasteiger charge is 2.12. The Hall–Kier alpha value is -1.41. The zero-order chi connectivity index (χ0) is 10.7. The van der Waals surface area contributed by atoms with E-state index in [9.17, 15) is 9.90 Å². The topological polar surface area (TPSA) is 37.3 Å². The molecule has 1 aromatic rings. The first-order valence-electron chi connectivity index (χ1n) is 5.21. The summed E-state index contributed by atoms with van der Waals surface area (Å²) in [4.78, 5) is 10.8. The molecule has 2 rings (SSSR count). The Kier molecular flexibility index (Phi) is 2.97. The minimum atomic E-state index is -0.394. The number of carbonyl (C=O) groups is 1. The maximum atomic E-state index is 10.8. The van der Waals surface area contributed by atoms with E-state index in [1.54, 1.807) is 0 Å². The zero-order valence-corrected chi connectivity index (χ0v) is 8.52. The van der Waals surface area contributed by atoms with Crippen LogP contribution in [0.1, 0.15) is 24.0 Å². The van der Waals surface area contributed by atoms with E-state index in [0.29, 0.717) is 12.0 Å². The molecule has 0 radical (unpaired) electrons. The van der Waals surface area contributed by atoms with Gasteiger partial charge in [-0.05, 0) is 35.6 Å². The average molecular weight is 202 g/mol. The SMILES string of the molecule is O=C/C1=C/c2ccccc2CC[C@@H](O)C1. The highest BCUT2D eigenvalue weighted by molar-refractivity contribution is 5.82. The number of fused-ring (bicyclic) bond motifs is 1. The van der Waals surface area contributed by atoms with Crippen molar-refractivity contribution in [3.63, 3.8) is 0 Å². The molecule has 1 N–H and O–H groups in total. The van der Waals surface area contributed by atoms with Crippen molar-refractivity contribution in [1.82, 2.24) is 0 Å². The van der Waals surface area contributed by atoms with Crippen LogP contribution < -0.4 is 0 Å². The lowest BCUT2D eigenvalue weighted by Crippen LogP contribution is -2.12. The highest BCUT2D eigenvalue weighted by atomic mass is 16.3. The van der Waals surface area contributed by atoms with E-state index in [0.717, 1.165) is 24.7 Å². The lowest BCUT2D eigenvalue weighted by Gasteiger charge is -2.15. The van der Waals surface area contributed by atoms with Crippen LogP contribution in [0.2, 0.25) is 0 Å². The molecule has 0 aliphatic heterocycles. The molecule has 15 heavy (non-hydrogen) atoms. The fraction of sp³-hybridized carbons (Fsp3) is 0.308. The molecular formula is C13H14O2. The summed E-state index contributed by atoms with van der Waals surface area (Å²) in [6, 6.07) is 8.01. The van der Waals surface area contributed by atoms with Crippen LogP contribution in [-0.4, -0.2) is 17.5 Å². The van der Waals surface area contributed by atoms with Gasteiger partial charge in [-0.2, -0.15) is 0 Å². The van der Waals surface area contributed by atoms with Gasteiger partial charge in [0.25, 0.3) is 0 Å². The standard InChI is InChI=1S/C13H14O2/c14-9-10-7-12-4-2-1-3-11(12)5-6-13(15)8-10/h1-4,7,9,13,15H,5-6,8H2/b10-7+/t13-/m1/s1. The van der Waals surface area contributed by atoms with Crippen LogP contribution in [0, 0.1) is 0 Å². The molecule has 1 atom stereocenters. The summed E-state index contributed by atoms with van der Waals surface area (Å²) in [5.74, 6) is 0. The van der Waals surface area contributed by atoms with Crippen molar-refractivity contribution in [2.75, 3.05) is 0 Å². The van der Waals surface area contributed by atoms with Gasteiger partial charge in [0, 0.05) is 6.42 Å². The van der Waals surface area contributed by atoms with Crippen LogP contribution in [0.15, 0.2) is 29.8 Å². The normalized spacial score (nSPS) is 24.3. The van der Waals surface area contributed by atoms with Crippen molar-refractivity contribution in [3.8, 4) is 0 Å². The Morgan fingerprint density at radius 3 is 2.93 bits per heavy atom. The average Bonchev–Trinajstić information content (AvgIpc) is 2.24. The van der Waals surface area contributed by atoms with E-state index in [1.807, 2.05) is 30.3 Å². The fourth-order valence-electron chi connectivity index (χ4n) is 1.94. The van der Waals surface area contributed by atoms with Gasteiger partial charge < -0.3 is 5.11 Å². The van der Waals surface area contributed by atoms with E-state index in [4.69, 9.17) is 0 Å². The summed E-state index contributed by atoms with van der Waals surface area (Å²) in [5, 5.41) is 9.64. The molecule has 1 aliphatic carbocycles. The second-order valence-corrected chi connectivity index (χ2v) is 3.93. The van der Waals surface area contributed by atoms with E-state index in [2.05, 4.69) is 0 Å². The van der Waals surface area contributed by atoms with Crippen molar-refractivity contribution in [1.29, 1.82) is 0 Å². The number of carbonyl (C=O) groups excluding carboxylic acids is 1. The predicted molar refractivity (Wildman–Crippen MR) is 59.4 cm³/mol. The number of rotatable bonds is 1. The second kappa shape index (κ2) is 4.41. The third-order valence-electron chi connectivity index (χ3n) is 2.77. The van der Waals surface area contributed by atoms with Crippen LogP contribution in [-0.2, 0) is 11.2 Å². The van der Waals surface area contributed by atoms with E-state index in [-0.39, 0.29) is 0 Å². The highest BCUT2D eigenvalue weighted by Crippen LogP contribution is 2.21. The van der Waals surface area contributed by atoms with Crippen LogP contribution in [0.3, 0.4) is 0 Å². The number of hydrogen-bond donors (Lipinski definition) is 1. The van der Waals surface area contributed by atoms with E-state index < -0.39 is 6.10 Å². The minimum absolute atomic E-state index is 0.394. The monoisotopic (exact) mass is 202 g/mol. The van der Waals surface area contributed by atoms with Gasteiger partial charge >= 0.3 is 0 Å². The molecule has 0 bridgehead atoms. The smallest absolute Gasteiger partial charge is 0.146 e. The van der Waals surface area contributed by atoms with Gasteiger partial charge in [-0.15, -0.1) is 0 Å². The number of hydrogen-bond acceptors (Lipinski definition) is 2. The maximum Gasteiger partial charge on any atom is 0.146 e. The van der Waals surface area contributed by atoms with Gasteiger partial charge in [-0.3, -0.25) is 4.79 Å². The van der Waals surface area contributed by atoms with Crippen molar-refractivity contribution in [2.24, 2.45) is 0 Å². The van der Waals surface area contributed by atoms with Crippen LogP contribution in [0.4, 0.5) is 0 Å². The molecule has 0 saturated carbocycles. The lowest BCUT2D eigenvalue weighted by atomic mass is 9.93. The lowest BCUT2D eigenvalue weighted by molar-refractivity contribution is -0.105. The summed E-state index contributed by atoms with van der Waals surface area (Å²) in [6.07, 6.45) is 4.39. The third kappa shape index (κ3) is 2.34.